The summed E-state index contributed by atoms with van der Waals surface area (Å²) in [5, 5.41) is 9.55. The first-order valence-electron chi connectivity index (χ1n) is 4.74. The summed E-state index contributed by atoms with van der Waals surface area (Å²) in [6.45, 7) is 1.90. The molecule has 0 rings (SSSR count). The molecule has 0 aliphatic heterocycles. The Labute approximate surface area is 83.5 Å². The molecule has 0 aromatic rings. The first kappa shape index (κ1) is 12.9. The Kier molecular flexibility index (Phi) is 5.87. The van der Waals surface area contributed by atoms with Crippen LogP contribution < -0.4 is 11.5 Å². The number of hydrogen-bond donors (Lipinski definition) is 3. The second kappa shape index (κ2) is 6.37. The zero-order valence-electron chi connectivity index (χ0n) is 8.40. The molecule has 2 atom stereocenters. The molecule has 0 saturated carbocycles. The van der Waals surface area contributed by atoms with E-state index in [1.165, 1.54) is 0 Å². The average molecular weight is 202 g/mol. The number of primary amides is 2. The molecule has 0 aromatic heterocycles. The summed E-state index contributed by atoms with van der Waals surface area (Å²) < 4.78 is 0. The molecule has 0 aliphatic carbocycles. The van der Waals surface area contributed by atoms with Crippen molar-refractivity contribution in [1.29, 1.82) is 0 Å². The maximum atomic E-state index is 10.9. The van der Waals surface area contributed by atoms with Gasteiger partial charge in [-0.3, -0.25) is 9.59 Å². The van der Waals surface area contributed by atoms with E-state index in [-0.39, 0.29) is 12.8 Å². The van der Waals surface area contributed by atoms with Crippen LogP contribution >= 0.6 is 0 Å². The molecule has 5 nitrogen and oxygen atoms in total. The van der Waals surface area contributed by atoms with E-state index in [0.29, 0.717) is 6.42 Å². The zero-order valence-corrected chi connectivity index (χ0v) is 8.40. The quantitative estimate of drug-likeness (QED) is 0.518. The normalized spacial score (nSPS) is 14.7. The van der Waals surface area contributed by atoms with Crippen molar-refractivity contribution in [3.05, 3.63) is 0 Å². The van der Waals surface area contributed by atoms with Crippen molar-refractivity contribution < 1.29 is 14.7 Å². The van der Waals surface area contributed by atoms with Gasteiger partial charge in [-0.05, 0) is 12.8 Å². The molecule has 0 spiro atoms. The second-order valence-electron chi connectivity index (χ2n) is 3.37. The number of carbonyl (C=O) groups is 2. The highest BCUT2D eigenvalue weighted by Crippen LogP contribution is 2.15. The molecular weight excluding hydrogens is 184 g/mol. The average Bonchev–Trinajstić information content (AvgIpc) is 2.09. The molecular formula is C9H18N2O3. The fourth-order valence-corrected chi connectivity index (χ4v) is 1.33. The molecule has 0 heterocycles. The molecule has 82 valence electrons. The third kappa shape index (κ3) is 4.81. The molecule has 0 aromatic carbocycles. The molecule has 0 radical (unpaired) electrons. The van der Waals surface area contributed by atoms with Crippen LogP contribution in [-0.4, -0.2) is 23.0 Å². The lowest BCUT2D eigenvalue weighted by Gasteiger charge is -2.18. The third-order valence-electron chi connectivity index (χ3n) is 2.12. The van der Waals surface area contributed by atoms with E-state index in [1.54, 1.807) is 0 Å². The van der Waals surface area contributed by atoms with Crippen molar-refractivity contribution in [3.8, 4) is 0 Å². The van der Waals surface area contributed by atoms with Gasteiger partial charge in [0.15, 0.2) is 0 Å². The van der Waals surface area contributed by atoms with Gasteiger partial charge in [-0.2, -0.15) is 0 Å². The fraction of sp³-hybridized carbons (Fsp3) is 0.778. The van der Waals surface area contributed by atoms with Crippen LogP contribution in [0.4, 0.5) is 0 Å². The van der Waals surface area contributed by atoms with E-state index < -0.39 is 23.8 Å². The highest BCUT2D eigenvalue weighted by Gasteiger charge is 2.23. The van der Waals surface area contributed by atoms with E-state index >= 15 is 0 Å². The van der Waals surface area contributed by atoms with Gasteiger partial charge in [0.1, 0.15) is 0 Å². The Balaban J connectivity index is 4.07. The monoisotopic (exact) mass is 202 g/mol. The number of hydrogen-bond acceptors (Lipinski definition) is 3. The van der Waals surface area contributed by atoms with E-state index in [9.17, 15) is 14.7 Å². The smallest absolute Gasteiger partial charge is 0.223 e. The van der Waals surface area contributed by atoms with Gasteiger partial charge in [0.05, 0.1) is 12.0 Å². The minimum atomic E-state index is -0.861. The lowest BCUT2D eigenvalue weighted by atomic mass is 9.93. The molecule has 0 bridgehead atoms. The van der Waals surface area contributed by atoms with Crippen molar-refractivity contribution in [2.45, 2.75) is 38.7 Å². The van der Waals surface area contributed by atoms with Gasteiger partial charge < -0.3 is 16.6 Å². The van der Waals surface area contributed by atoms with Gasteiger partial charge in [0.25, 0.3) is 0 Å². The first-order chi connectivity index (χ1) is 6.49. The Bertz CT molecular complexity index is 206. The number of aliphatic hydroxyl groups is 1. The Hall–Kier alpha value is -1.10. The lowest BCUT2D eigenvalue weighted by Crippen LogP contribution is -2.34. The van der Waals surface area contributed by atoms with Gasteiger partial charge in [-0.25, -0.2) is 0 Å². The van der Waals surface area contributed by atoms with Crippen molar-refractivity contribution in [3.63, 3.8) is 0 Å². The zero-order chi connectivity index (χ0) is 11.1. The Morgan fingerprint density at radius 3 is 2.21 bits per heavy atom. The molecule has 0 saturated heterocycles. The van der Waals surface area contributed by atoms with Gasteiger partial charge in [0, 0.05) is 6.42 Å². The van der Waals surface area contributed by atoms with Crippen molar-refractivity contribution in [2.75, 3.05) is 0 Å². The van der Waals surface area contributed by atoms with Crippen LogP contribution in [0.1, 0.15) is 32.6 Å². The van der Waals surface area contributed by atoms with Crippen molar-refractivity contribution >= 4 is 11.8 Å². The third-order valence-corrected chi connectivity index (χ3v) is 2.12. The molecule has 2 amide bonds. The van der Waals surface area contributed by atoms with E-state index in [0.717, 1.165) is 6.42 Å². The van der Waals surface area contributed by atoms with Crippen LogP contribution in [0.2, 0.25) is 0 Å². The standard InChI is InChI=1S/C9H18N2O3/c1-2-3-6(9(11)14)7(12)4-5-8(10)13/h6-7,12H,2-5H2,1H3,(H2,10,13)(H2,11,14). The summed E-state index contributed by atoms with van der Waals surface area (Å²) in [6, 6.07) is 0. The number of nitrogens with two attached hydrogens (primary N) is 2. The summed E-state index contributed by atoms with van der Waals surface area (Å²) in [5.74, 6) is -1.58. The summed E-state index contributed by atoms with van der Waals surface area (Å²) in [6.07, 6.45) is 0.716. The highest BCUT2D eigenvalue weighted by atomic mass is 16.3. The predicted octanol–water partition coefficient (Wildman–Crippen LogP) is -0.486. The number of aliphatic hydroxyl groups excluding tert-OH is 1. The van der Waals surface area contributed by atoms with Crippen LogP contribution in [0.3, 0.4) is 0 Å². The topological polar surface area (TPSA) is 106 Å². The SMILES string of the molecule is CCCC(C(N)=O)C(O)CCC(N)=O. The summed E-state index contributed by atoms with van der Waals surface area (Å²) in [5.41, 5.74) is 10.0. The maximum absolute atomic E-state index is 10.9. The molecule has 14 heavy (non-hydrogen) atoms. The minimum absolute atomic E-state index is 0.0780. The van der Waals surface area contributed by atoms with E-state index in [2.05, 4.69) is 0 Å². The van der Waals surface area contributed by atoms with E-state index in [1.807, 2.05) is 6.92 Å². The van der Waals surface area contributed by atoms with Gasteiger partial charge in [0.2, 0.25) is 11.8 Å². The molecule has 5 heteroatoms. The second-order valence-corrected chi connectivity index (χ2v) is 3.37. The van der Waals surface area contributed by atoms with Crippen LogP contribution in [0.25, 0.3) is 0 Å². The van der Waals surface area contributed by atoms with Gasteiger partial charge >= 0.3 is 0 Å². The lowest BCUT2D eigenvalue weighted by molar-refractivity contribution is -0.127. The summed E-state index contributed by atoms with van der Waals surface area (Å²) in [4.78, 5) is 21.4. The molecule has 0 fully saturated rings. The highest BCUT2D eigenvalue weighted by molar-refractivity contribution is 5.77. The summed E-state index contributed by atoms with van der Waals surface area (Å²) in [7, 11) is 0. The van der Waals surface area contributed by atoms with Gasteiger partial charge in [-0.15, -0.1) is 0 Å². The Morgan fingerprint density at radius 2 is 1.86 bits per heavy atom. The Morgan fingerprint density at radius 1 is 1.29 bits per heavy atom. The largest absolute Gasteiger partial charge is 0.392 e. The molecule has 0 aliphatic rings. The predicted molar refractivity (Wildman–Crippen MR) is 52.0 cm³/mol. The van der Waals surface area contributed by atoms with Crippen LogP contribution in [0, 0.1) is 5.92 Å². The van der Waals surface area contributed by atoms with Gasteiger partial charge in [-0.1, -0.05) is 13.3 Å². The first-order valence-corrected chi connectivity index (χ1v) is 4.74. The van der Waals surface area contributed by atoms with Crippen LogP contribution in [-0.2, 0) is 9.59 Å². The fourth-order valence-electron chi connectivity index (χ4n) is 1.33. The maximum Gasteiger partial charge on any atom is 0.223 e. The van der Waals surface area contributed by atoms with Crippen molar-refractivity contribution in [2.24, 2.45) is 17.4 Å². The minimum Gasteiger partial charge on any atom is -0.392 e. The number of rotatable bonds is 7. The molecule has 2 unspecified atom stereocenters. The summed E-state index contributed by atoms with van der Waals surface area (Å²) >= 11 is 0. The van der Waals surface area contributed by atoms with Crippen LogP contribution in [0.5, 0.6) is 0 Å². The number of carbonyl (C=O) groups excluding carboxylic acids is 2. The van der Waals surface area contributed by atoms with Crippen molar-refractivity contribution in [1.82, 2.24) is 0 Å². The van der Waals surface area contributed by atoms with E-state index in [4.69, 9.17) is 11.5 Å². The van der Waals surface area contributed by atoms with Crippen LogP contribution in [0.15, 0.2) is 0 Å². The number of amides is 2. The molecule has 5 N–H and O–H groups in total.